The summed E-state index contributed by atoms with van der Waals surface area (Å²) in [4.78, 5) is 1.80. The summed E-state index contributed by atoms with van der Waals surface area (Å²) in [5.41, 5.74) is -0.291. The van der Waals surface area contributed by atoms with Crippen LogP contribution in [-0.2, 0) is 6.18 Å². The monoisotopic (exact) mass is 257 g/mol. The Kier molecular flexibility index (Phi) is 2.55. The van der Waals surface area contributed by atoms with Crippen LogP contribution in [0.1, 0.15) is 5.56 Å². The highest BCUT2D eigenvalue weighted by Gasteiger charge is 2.55. The largest absolute Gasteiger partial charge is 0.418 e. The maximum absolute atomic E-state index is 12.9. The van der Waals surface area contributed by atoms with E-state index in [1.807, 2.05) is 0 Å². The fourth-order valence-electron chi connectivity index (χ4n) is 3.11. The number of halogens is 3. The number of piperidine rings is 1. The molecule has 1 saturated carbocycles. The third kappa shape index (κ3) is 1.77. The number of fused-ring (bicyclic) bond motifs is 1. The summed E-state index contributed by atoms with van der Waals surface area (Å²) in [7, 11) is 0. The number of benzene rings is 1. The third-order valence-corrected chi connectivity index (χ3v) is 4.13. The van der Waals surface area contributed by atoms with Crippen molar-refractivity contribution in [2.75, 3.05) is 24.6 Å². The predicted molar refractivity (Wildman–Crippen MR) is 61.2 cm³/mol. The maximum atomic E-state index is 12.9. The molecule has 2 unspecified atom stereocenters. The zero-order valence-electron chi connectivity index (χ0n) is 9.69. The van der Waals surface area contributed by atoms with Gasteiger partial charge in [0.1, 0.15) is 0 Å². The molecule has 0 radical (unpaired) electrons. The van der Waals surface area contributed by atoms with Crippen molar-refractivity contribution in [1.82, 2.24) is 0 Å². The first kappa shape index (κ1) is 11.8. The van der Waals surface area contributed by atoms with Crippen LogP contribution in [0.15, 0.2) is 24.3 Å². The Hall–Kier alpha value is -1.23. The number of aliphatic hydroxyl groups excluding tert-OH is 1. The molecule has 2 nitrogen and oxygen atoms in total. The quantitative estimate of drug-likeness (QED) is 0.879. The van der Waals surface area contributed by atoms with Crippen LogP contribution in [0.4, 0.5) is 18.9 Å². The zero-order chi connectivity index (χ0) is 12.9. The zero-order valence-corrected chi connectivity index (χ0v) is 9.69. The van der Waals surface area contributed by atoms with Gasteiger partial charge in [0.2, 0.25) is 0 Å². The highest BCUT2D eigenvalue weighted by Crippen LogP contribution is 2.53. The molecule has 0 spiro atoms. The summed E-state index contributed by atoms with van der Waals surface area (Å²) in [6.07, 6.45) is -4.31. The first-order valence-electron chi connectivity index (χ1n) is 6.04. The summed E-state index contributed by atoms with van der Waals surface area (Å²) in [6, 6.07) is 5.71. The summed E-state index contributed by atoms with van der Waals surface area (Å²) in [5, 5.41) is 9.05. The van der Waals surface area contributed by atoms with Crippen molar-refractivity contribution >= 4 is 5.69 Å². The summed E-state index contributed by atoms with van der Waals surface area (Å²) < 4.78 is 38.7. The molecule has 5 heteroatoms. The molecule has 18 heavy (non-hydrogen) atoms. The van der Waals surface area contributed by atoms with Gasteiger partial charge < -0.3 is 10.0 Å². The molecule has 2 atom stereocenters. The summed E-state index contributed by atoms with van der Waals surface area (Å²) in [6.45, 7) is 1.41. The number of anilines is 1. The molecule has 0 aromatic heterocycles. The molecule has 1 N–H and O–H groups in total. The minimum atomic E-state index is -4.31. The average molecular weight is 257 g/mol. The van der Waals surface area contributed by atoms with E-state index in [0.29, 0.717) is 30.8 Å². The van der Waals surface area contributed by atoms with E-state index in [-0.39, 0.29) is 12.3 Å². The maximum Gasteiger partial charge on any atom is 0.418 e. The van der Waals surface area contributed by atoms with E-state index in [4.69, 9.17) is 5.11 Å². The molecule has 1 aliphatic carbocycles. The van der Waals surface area contributed by atoms with Crippen LogP contribution in [-0.4, -0.2) is 24.8 Å². The van der Waals surface area contributed by atoms with Crippen molar-refractivity contribution in [2.45, 2.75) is 6.18 Å². The molecule has 2 fully saturated rings. The number of aliphatic hydroxyl groups is 1. The molecule has 1 aliphatic heterocycles. The molecule has 0 bridgehead atoms. The summed E-state index contributed by atoms with van der Waals surface area (Å²) >= 11 is 0. The Balaban J connectivity index is 1.83. The van der Waals surface area contributed by atoms with E-state index in [0.717, 1.165) is 6.07 Å². The van der Waals surface area contributed by atoms with Crippen LogP contribution < -0.4 is 4.90 Å². The van der Waals surface area contributed by atoms with Crippen molar-refractivity contribution in [2.24, 2.45) is 17.8 Å². The Morgan fingerprint density at radius 2 is 1.78 bits per heavy atom. The molecule has 1 aromatic carbocycles. The number of hydrogen-bond acceptors (Lipinski definition) is 2. The molecular weight excluding hydrogens is 243 g/mol. The van der Waals surface area contributed by atoms with Gasteiger partial charge in [0, 0.05) is 25.4 Å². The van der Waals surface area contributed by atoms with Gasteiger partial charge in [-0.2, -0.15) is 13.2 Å². The lowest BCUT2D eigenvalue weighted by Crippen LogP contribution is -2.27. The second-order valence-corrected chi connectivity index (χ2v) is 5.09. The topological polar surface area (TPSA) is 23.5 Å². The minimum Gasteiger partial charge on any atom is -0.396 e. The fourth-order valence-corrected chi connectivity index (χ4v) is 3.11. The number of nitrogens with zero attached hydrogens (tertiary/aromatic N) is 1. The Morgan fingerprint density at radius 3 is 2.33 bits per heavy atom. The molecule has 0 amide bonds. The first-order valence-corrected chi connectivity index (χ1v) is 6.04. The Bertz CT molecular complexity index is 448. The van der Waals surface area contributed by atoms with Gasteiger partial charge in [-0.1, -0.05) is 12.1 Å². The lowest BCUT2D eigenvalue weighted by molar-refractivity contribution is -0.137. The number of hydrogen-bond donors (Lipinski definition) is 1. The third-order valence-electron chi connectivity index (χ3n) is 4.13. The van der Waals surface area contributed by atoms with Gasteiger partial charge in [-0.05, 0) is 29.9 Å². The van der Waals surface area contributed by atoms with Gasteiger partial charge in [-0.25, -0.2) is 0 Å². The molecule has 1 aromatic rings. The van der Waals surface area contributed by atoms with Crippen LogP contribution in [0.2, 0.25) is 0 Å². The number of para-hydroxylation sites is 1. The van der Waals surface area contributed by atoms with E-state index in [2.05, 4.69) is 0 Å². The second kappa shape index (κ2) is 3.88. The molecule has 98 valence electrons. The van der Waals surface area contributed by atoms with Crippen molar-refractivity contribution in [3.63, 3.8) is 0 Å². The lowest BCUT2D eigenvalue weighted by atomic mass is 10.1. The van der Waals surface area contributed by atoms with E-state index in [9.17, 15) is 13.2 Å². The van der Waals surface area contributed by atoms with Crippen LogP contribution >= 0.6 is 0 Å². The fraction of sp³-hybridized carbons (Fsp3) is 0.538. The standard InChI is InChI=1S/C13H14F3NO/c14-13(15,16)11-3-1-2-4-12(11)17-5-8-9(6-17)10(8)7-18/h1-4,8-10,18H,5-7H2. The normalized spacial score (nSPS) is 30.4. The molecular formula is C13H14F3NO. The SMILES string of the molecule is OCC1C2CN(c3ccccc3C(F)(F)F)CC12. The van der Waals surface area contributed by atoms with Gasteiger partial charge >= 0.3 is 6.18 Å². The number of alkyl halides is 3. The Labute approximate surface area is 103 Å². The highest BCUT2D eigenvalue weighted by molar-refractivity contribution is 5.56. The molecule has 1 heterocycles. The van der Waals surface area contributed by atoms with Crippen molar-refractivity contribution in [3.8, 4) is 0 Å². The van der Waals surface area contributed by atoms with Crippen LogP contribution in [0.5, 0.6) is 0 Å². The van der Waals surface area contributed by atoms with E-state index in [1.54, 1.807) is 11.0 Å². The smallest absolute Gasteiger partial charge is 0.396 e. The van der Waals surface area contributed by atoms with E-state index >= 15 is 0 Å². The number of rotatable bonds is 2. The lowest BCUT2D eigenvalue weighted by Gasteiger charge is -2.25. The molecule has 2 aliphatic rings. The molecule has 3 rings (SSSR count). The Morgan fingerprint density at radius 1 is 1.17 bits per heavy atom. The van der Waals surface area contributed by atoms with E-state index < -0.39 is 11.7 Å². The van der Waals surface area contributed by atoms with Crippen LogP contribution in [0.3, 0.4) is 0 Å². The van der Waals surface area contributed by atoms with Gasteiger partial charge in [-0.15, -0.1) is 0 Å². The second-order valence-electron chi connectivity index (χ2n) is 5.09. The van der Waals surface area contributed by atoms with Gasteiger partial charge in [0.05, 0.1) is 5.56 Å². The van der Waals surface area contributed by atoms with Gasteiger partial charge in [0.15, 0.2) is 0 Å². The summed E-state index contributed by atoms with van der Waals surface area (Å²) in [5.74, 6) is 1.05. The van der Waals surface area contributed by atoms with Crippen molar-refractivity contribution < 1.29 is 18.3 Å². The molecule has 1 saturated heterocycles. The first-order chi connectivity index (χ1) is 8.52. The van der Waals surface area contributed by atoms with Crippen molar-refractivity contribution in [1.29, 1.82) is 0 Å². The van der Waals surface area contributed by atoms with Crippen LogP contribution in [0, 0.1) is 17.8 Å². The highest BCUT2D eigenvalue weighted by atomic mass is 19.4. The van der Waals surface area contributed by atoms with Crippen molar-refractivity contribution in [3.05, 3.63) is 29.8 Å². The average Bonchev–Trinajstić information content (AvgIpc) is 2.80. The van der Waals surface area contributed by atoms with Crippen LogP contribution in [0.25, 0.3) is 0 Å². The van der Waals surface area contributed by atoms with E-state index in [1.165, 1.54) is 12.1 Å². The van der Waals surface area contributed by atoms with Gasteiger partial charge in [0.25, 0.3) is 0 Å². The predicted octanol–water partition coefficient (Wildman–Crippen LogP) is 2.38. The minimum absolute atomic E-state index is 0.157. The van der Waals surface area contributed by atoms with Gasteiger partial charge in [-0.3, -0.25) is 0 Å².